The van der Waals surface area contributed by atoms with Crippen LogP contribution in [0.2, 0.25) is 5.02 Å². The molecule has 2 aromatic carbocycles. The Labute approximate surface area is 127 Å². The second-order valence-electron chi connectivity index (χ2n) is 4.33. The van der Waals surface area contributed by atoms with Crippen molar-refractivity contribution in [3.63, 3.8) is 0 Å². The highest BCUT2D eigenvalue weighted by Gasteiger charge is 2.04. The molecule has 0 aliphatic rings. The molecule has 1 N–H and O–H groups in total. The first-order chi connectivity index (χ1) is 10.2. The van der Waals surface area contributed by atoms with Crippen LogP contribution in [0.3, 0.4) is 0 Å². The van der Waals surface area contributed by atoms with Crippen molar-refractivity contribution >= 4 is 23.2 Å². The van der Waals surface area contributed by atoms with Gasteiger partial charge in [-0.05, 0) is 35.9 Å². The molecule has 0 fully saturated rings. The second-order valence-corrected chi connectivity index (χ2v) is 4.76. The van der Waals surface area contributed by atoms with Crippen molar-refractivity contribution in [3.8, 4) is 11.8 Å². The second kappa shape index (κ2) is 7.32. The molecule has 4 nitrogen and oxygen atoms in total. The van der Waals surface area contributed by atoms with Gasteiger partial charge < -0.3 is 10.1 Å². The van der Waals surface area contributed by atoms with Crippen molar-refractivity contribution in [2.75, 3.05) is 11.9 Å². The zero-order chi connectivity index (χ0) is 15.1. The van der Waals surface area contributed by atoms with Crippen LogP contribution in [-0.4, -0.2) is 12.5 Å². The van der Waals surface area contributed by atoms with Crippen LogP contribution in [0.4, 0.5) is 5.69 Å². The number of nitrogens with zero attached hydrogens (tertiary/aromatic N) is 1. The lowest BCUT2D eigenvalue weighted by atomic mass is 10.2. The molecular weight excluding hydrogens is 288 g/mol. The molecule has 2 aromatic rings. The number of amides is 1. The molecule has 2 rings (SSSR count). The number of hydrogen-bond acceptors (Lipinski definition) is 3. The van der Waals surface area contributed by atoms with E-state index in [1.807, 2.05) is 0 Å². The van der Waals surface area contributed by atoms with E-state index in [1.165, 1.54) is 0 Å². The fraction of sp³-hybridized carbons (Fsp3) is 0.125. The predicted octanol–water partition coefficient (Wildman–Crippen LogP) is 3.42. The van der Waals surface area contributed by atoms with E-state index in [4.69, 9.17) is 21.6 Å². The molecule has 0 radical (unpaired) electrons. The zero-order valence-electron chi connectivity index (χ0n) is 11.2. The number of carbonyl (C=O) groups is 1. The van der Waals surface area contributed by atoms with Gasteiger partial charge in [-0.2, -0.15) is 5.26 Å². The van der Waals surface area contributed by atoms with Crippen LogP contribution in [0.1, 0.15) is 5.56 Å². The molecular formula is C16H13ClN2O2. The van der Waals surface area contributed by atoms with Crippen molar-refractivity contribution < 1.29 is 9.53 Å². The summed E-state index contributed by atoms with van der Waals surface area (Å²) in [6.07, 6.45) is 0.357. The summed E-state index contributed by atoms with van der Waals surface area (Å²) in [5, 5.41) is 11.8. The SMILES string of the molecule is N#CCc1ccc(OCC(=O)Nc2cccc(Cl)c2)cc1. The third-order valence-corrected chi connectivity index (χ3v) is 2.92. The Morgan fingerprint density at radius 3 is 2.67 bits per heavy atom. The maximum Gasteiger partial charge on any atom is 0.262 e. The minimum absolute atomic E-state index is 0.0931. The van der Waals surface area contributed by atoms with Crippen LogP contribution >= 0.6 is 11.6 Å². The summed E-state index contributed by atoms with van der Waals surface area (Å²) >= 11 is 5.84. The molecule has 106 valence electrons. The van der Waals surface area contributed by atoms with Gasteiger partial charge in [0.05, 0.1) is 12.5 Å². The highest BCUT2D eigenvalue weighted by molar-refractivity contribution is 6.30. The van der Waals surface area contributed by atoms with Crippen molar-refractivity contribution in [2.24, 2.45) is 0 Å². The Hall–Kier alpha value is -2.51. The van der Waals surface area contributed by atoms with Gasteiger partial charge in [-0.15, -0.1) is 0 Å². The normalized spacial score (nSPS) is 9.71. The van der Waals surface area contributed by atoms with E-state index in [1.54, 1.807) is 48.5 Å². The topological polar surface area (TPSA) is 62.1 Å². The number of anilines is 1. The molecule has 0 saturated carbocycles. The number of nitriles is 1. The number of halogens is 1. The fourth-order valence-electron chi connectivity index (χ4n) is 1.71. The molecule has 21 heavy (non-hydrogen) atoms. The van der Waals surface area contributed by atoms with Crippen LogP contribution in [-0.2, 0) is 11.2 Å². The minimum Gasteiger partial charge on any atom is -0.484 e. The quantitative estimate of drug-likeness (QED) is 0.920. The maximum atomic E-state index is 11.7. The monoisotopic (exact) mass is 300 g/mol. The third kappa shape index (κ3) is 4.83. The van der Waals surface area contributed by atoms with Gasteiger partial charge in [0.25, 0.3) is 5.91 Å². The van der Waals surface area contributed by atoms with E-state index in [9.17, 15) is 4.79 Å². The highest BCUT2D eigenvalue weighted by Crippen LogP contribution is 2.15. The predicted molar refractivity (Wildman–Crippen MR) is 81.3 cm³/mol. The summed E-state index contributed by atoms with van der Waals surface area (Å²) in [6.45, 7) is -0.0931. The summed E-state index contributed by atoms with van der Waals surface area (Å²) < 4.78 is 5.38. The molecule has 0 aromatic heterocycles. The van der Waals surface area contributed by atoms with Gasteiger partial charge >= 0.3 is 0 Å². The molecule has 5 heteroatoms. The molecule has 0 unspecified atom stereocenters. The summed E-state index contributed by atoms with van der Waals surface area (Å²) in [5.74, 6) is 0.316. The lowest BCUT2D eigenvalue weighted by Gasteiger charge is -2.08. The highest BCUT2D eigenvalue weighted by atomic mass is 35.5. The lowest BCUT2D eigenvalue weighted by Crippen LogP contribution is -2.20. The standard InChI is InChI=1S/C16H13ClN2O2/c17-13-2-1-3-14(10-13)19-16(20)11-21-15-6-4-12(5-7-15)8-9-18/h1-7,10H,8,11H2,(H,19,20). The van der Waals surface area contributed by atoms with Crippen LogP contribution in [0.15, 0.2) is 48.5 Å². The number of rotatable bonds is 5. The largest absolute Gasteiger partial charge is 0.484 e. The first kappa shape index (κ1) is 14.9. The summed E-state index contributed by atoms with van der Waals surface area (Å²) in [4.78, 5) is 11.7. The molecule has 0 atom stereocenters. The Morgan fingerprint density at radius 2 is 2.00 bits per heavy atom. The first-order valence-corrected chi connectivity index (χ1v) is 6.69. The Morgan fingerprint density at radius 1 is 1.24 bits per heavy atom. The summed E-state index contributed by atoms with van der Waals surface area (Å²) in [6, 6.07) is 16.0. The first-order valence-electron chi connectivity index (χ1n) is 6.31. The number of ether oxygens (including phenoxy) is 1. The smallest absolute Gasteiger partial charge is 0.262 e. The van der Waals surface area contributed by atoms with Gasteiger partial charge in [-0.3, -0.25) is 4.79 Å². The average molecular weight is 301 g/mol. The Bertz CT molecular complexity index is 663. The Balaban J connectivity index is 1.85. The van der Waals surface area contributed by atoms with Crippen LogP contribution in [0.25, 0.3) is 0 Å². The number of carbonyl (C=O) groups excluding carboxylic acids is 1. The van der Waals surface area contributed by atoms with Crippen LogP contribution in [0, 0.1) is 11.3 Å². The van der Waals surface area contributed by atoms with Crippen molar-refractivity contribution in [2.45, 2.75) is 6.42 Å². The summed E-state index contributed by atoms with van der Waals surface area (Å²) in [5.41, 5.74) is 1.54. The molecule has 0 aliphatic heterocycles. The number of nitrogens with one attached hydrogen (secondary N) is 1. The van der Waals surface area contributed by atoms with Gasteiger partial charge in [0.15, 0.2) is 6.61 Å². The van der Waals surface area contributed by atoms with E-state index >= 15 is 0 Å². The van der Waals surface area contributed by atoms with Crippen LogP contribution < -0.4 is 10.1 Å². The lowest BCUT2D eigenvalue weighted by molar-refractivity contribution is -0.118. The van der Waals surface area contributed by atoms with E-state index in [2.05, 4.69) is 11.4 Å². The van der Waals surface area contributed by atoms with Gasteiger partial charge in [-0.1, -0.05) is 29.8 Å². The maximum absolute atomic E-state index is 11.7. The average Bonchev–Trinajstić information content (AvgIpc) is 2.47. The fourth-order valence-corrected chi connectivity index (χ4v) is 1.90. The Kier molecular flexibility index (Phi) is 5.19. The minimum atomic E-state index is -0.265. The molecule has 0 saturated heterocycles. The van der Waals surface area contributed by atoms with Gasteiger partial charge in [0, 0.05) is 10.7 Å². The molecule has 0 spiro atoms. The number of hydrogen-bond donors (Lipinski definition) is 1. The summed E-state index contributed by atoms with van der Waals surface area (Å²) in [7, 11) is 0. The van der Waals surface area contributed by atoms with Gasteiger partial charge in [0.2, 0.25) is 0 Å². The van der Waals surface area contributed by atoms with Crippen LogP contribution in [0.5, 0.6) is 5.75 Å². The van der Waals surface area contributed by atoms with E-state index in [0.29, 0.717) is 22.9 Å². The molecule has 0 heterocycles. The third-order valence-electron chi connectivity index (χ3n) is 2.68. The van der Waals surface area contributed by atoms with Crippen molar-refractivity contribution in [3.05, 3.63) is 59.1 Å². The molecule has 0 bridgehead atoms. The van der Waals surface area contributed by atoms with E-state index in [-0.39, 0.29) is 12.5 Å². The van der Waals surface area contributed by atoms with Gasteiger partial charge in [0.1, 0.15) is 5.75 Å². The van der Waals surface area contributed by atoms with E-state index < -0.39 is 0 Å². The van der Waals surface area contributed by atoms with Gasteiger partial charge in [-0.25, -0.2) is 0 Å². The number of benzene rings is 2. The molecule has 0 aliphatic carbocycles. The van der Waals surface area contributed by atoms with E-state index in [0.717, 1.165) is 5.56 Å². The van der Waals surface area contributed by atoms with Crippen molar-refractivity contribution in [1.29, 1.82) is 5.26 Å². The van der Waals surface area contributed by atoms with Crippen molar-refractivity contribution in [1.82, 2.24) is 0 Å². The zero-order valence-corrected chi connectivity index (χ0v) is 11.9. The molecule has 1 amide bonds.